The van der Waals surface area contributed by atoms with Crippen molar-refractivity contribution in [2.24, 2.45) is 5.92 Å². The van der Waals surface area contributed by atoms with Crippen molar-refractivity contribution in [3.05, 3.63) is 87.1 Å². The quantitative estimate of drug-likeness (QED) is 0.218. The summed E-state index contributed by atoms with van der Waals surface area (Å²) in [6.07, 6.45) is -2.49. The lowest BCUT2D eigenvalue weighted by atomic mass is 9.97. The normalized spacial score (nSPS) is 13.4. The molecular formula is C33H39F3N6O4. The van der Waals surface area contributed by atoms with Crippen LogP contribution in [0.25, 0.3) is 16.9 Å². The van der Waals surface area contributed by atoms with Crippen LogP contribution in [0.15, 0.2) is 53.6 Å². The Balaban J connectivity index is 1.81. The number of hydrogen-bond donors (Lipinski definition) is 2. The molecular weight excluding hydrogens is 601 g/mol. The third kappa shape index (κ3) is 7.82. The number of aromatic nitrogens is 4. The average Bonchev–Trinajstić information content (AvgIpc) is 3.43. The Labute approximate surface area is 264 Å². The predicted molar refractivity (Wildman–Crippen MR) is 167 cm³/mol. The number of hydrogen-bond acceptors (Lipinski definition) is 6. The first-order chi connectivity index (χ1) is 21.6. The SMILES string of the molecule is Cc1cccc(C)c1-c1cc([C@@H](CC(=O)O)NC(=O)[C@@H](CC(C)C)n2cc(CCN(C)C)c(C(F)(F)F)cc2=O)nc2ccnn12. The number of carboxylic acids is 1. The maximum absolute atomic E-state index is 14.0. The van der Waals surface area contributed by atoms with Crippen LogP contribution in [0.1, 0.15) is 66.7 Å². The van der Waals surface area contributed by atoms with Crippen LogP contribution in [0.3, 0.4) is 0 Å². The molecule has 0 aliphatic heterocycles. The minimum absolute atomic E-state index is 0.00381. The minimum atomic E-state index is -4.76. The van der Waals surface area contributed by atoms with Gasteiger partial charge in [-0.25, -0.2) is 9.50 Å². The van der Waals surface area contributed by atoms with Gasteiger partial charge in [0.25, 0.3) is 5.56 Å². The van der Waals surface area contributed by atoms with Gasteiger partial charge in [-0.15, -0.1) is 0 Å². The van der Waals surface area contributed by atoms with E-state index in [4.69, 9.17) is 0 Å². The topological polar surface area (TPSA) is 122 Å². The number of fused-ring (bicyclic) bond motifs is 1. The first-order valence-electron chi connectivity index (χ1n) is 15.0. The molecule has 46 heavy (non-hydrogen) atoms. The number of halogens is 3. The van der Waals surface area contributed by atoms with E-state index in [-0.39, 0.29) is 36.6 Å². The van der Waals surface area contributed by atoms with E-state index in [1.165, 1.54) is 0 Å². The van der Waals surface area contributed by atoms with Crippen LogP contribution in [-0.4, -0.2) is 61.7 Å². The molecule has 0 saturated carbocycles. The lowest BCUT2D eigenvalue weighted by Crippen LogP contribution is -2.41. The molecule has 1 amide bonds. The van der Waals surface area contributed by atoms with Gasteiger partial charge in [-0.2, -0.15) is 18.3 Å². The van der Waals surface area contributed by atoms with Crippen LogP contribution in [0.4, 0.5) is 13.2 Å². The molecule has 0 bridgehead atoms. The van der Waals surface area contributed by atoms with Gasteiger partial charge in [-0.1, -0.05) is 32.0 Å². The van der Waals surface area contributed by atoms with Gasteiger partial charge >= 0.3 is 12.1 Å². The van der Waals surface area contributed by atoms with Crippen LogP contribution in [0.2, 0.25) is 0 Å². The summed E-state index contributed by atoms with van der Waals surface area (Å²) in [5.41, 5.74) is 1.99. The number of carboxylic acid groups (broad SMARTS) is 1. The van der Waals surface area contributed by atoms with E-state index in [1.54, 1.807) is 41.8 Å². The fraction of sp³-hybridized carbons (Fsp3) is 0.424. The van der Waals surface area contributed by atoms with Crippen molar-refractivity contribution in [2.75, 3.05) is 20.6 Å². The Morgan fingerprint density at radius 1 is 1.09 bits per heavy atom. The molecule has 0 spiro atoms. The zero-order valence-corrected chi connectivity index (χ0v) is 26.7. The number of carbonyl (C=O) groups is 2. The first kappa shape index (κ1) is 34.4. The third-order valence-electron chi connectivity index (χ3n) is 7.80. The fourth-order valence-corrected chi connectivity index (χ4v) is 5.62. The van der Waals surface area contributed by atoms with Gasteiger partial charge in [0.1, 0.15) is 6.04 Å². The Hall–Kier alpha value is -4.52. The van der Waals surface area contributed by atoms with Gasteiger partial charge in [0.05, 0.1) is 35.6 Å². The van der Waals surface area contributed by atoms with Crippen LogP contribution in [-0.2, 0) is 22.2 Å². The number of nitrogens with zero attached hydrogens (tertiary/aromatic N) is 5. The second-order valence-electron chi connectivity index (χ2n) is 12.2. The molecule has 0 saturated heterocycles. The second kappa shape index (κ2) is 13.9. The van der Waals surface area contributed by atoms with Gasteiger partial charge in [-0.05, 0) is 69.5 Å². The molecule has 0 aliphatic carbocycles. The third-order valence-corrected chi connectivity index (χ3v) is 7.80. The molecule has 13 heteroatoms. The molecule has 246 valence electrons. The molecule has 1 aromatic carbocycles. The number of aryl methyl sites for hydroxylation is 2. The number of pyridine rings is 1. The van der Waals surface area contributed by atoms with Crippen LogP contribution in [0, 0.1) is 19.8 Å². The summed E-state index contributed by atoms with van der Waals surface area (Å²) in [6.45, 7) is 7.82. The van der Waals surface area contributed by atoms with Crippen LogP contribution >= 0.6 is 0 Å². The van der Waals surface area contributed by atoms with Gasteiger partial charge in [-0.3, -0.25) is 14.4 Å². The Morgan fingerprint density at radius 3 is 2.35 bits per heavy atom. The first-order valence-corrected chi connectivity index (χ1v) is 15.0. The van der Waals surface area contributed by atoms with E-state index in [9.17, 15) is 32.7 Å². The van der Waals surface area contributed by atoms with Gasteiger partial charge < -0.3 is 19.9 Å². The number of benzene rings is 1. The monoisotopic (exact) mass is 640 g/mol. The predicted octanol–water partition coefficient (Wildman–Crippen LogP) is 5.22. The lowest BCUT2D eigenvalue weighted by Gasteiger charge is -2.26. The summed E-state index contributed by atoms with van der Waals surface area (Å²) in [6, 6.07) is 7.37. The molecule has 0 aliphatic rings. The number of likely N-dealkylation sites (N-methyl/N-ethyl adjacent to an activating group) is 1. The highest BCUT2D eigenvalue weighted by molar-refractivity contribution is 5.82. The van der Waals surface area contributed by atoms with Gasteiger partial charge in [0.2, 0.25) is 5.91 Å². The smallest absolute Gasteiger partial charge is 0.416 e. The molecule has 2 atom stereocenters. The highest BCUT2D eigenvalue weighted by atomic mass is 19.4. The lowest BCUT2D eigenvalue weighted by molar-refractivity contribution is -0.139. The summed E-state index contributed by atoms with van der Waals surface area (Å²) in [5.74, 6) is -2.04. The number of amides is 1. The van der Waals surface area contributed by atoms with E-state index in [2.05, 4.69) is 15.4 Å². The van der Waals surface area contributed by atoms with Crippen molar-refractivity contribution in [2.45, 2.75) is 65.2 Å². The van der Waals surface area contributed by atoms with E-state index in [0.717, 1.165) is 27.5 Å². The number of rotatable bonds is 12. The number of alkyl halides is 3. The number of aliphatic carboxylic acids is 1. The standard InChI is InChI=1S/C33H39F3N6O4/c1-19(2)14-27(41-18-22(11-13-40(5)6)23(15-29(41)43)33(34,35)36)32(46)39-25(17-30(44)45)24-16-26(42-28(38-24)10-12-37-42)31-20(3)8-7-9-21(31)4/h7-10,12,15-16,18-19,25,27H,11,13-14,17H2,1-6H3,(H,39,46)(H,44,45)/t25-,27-/m1/s1. The van der Waals surface area contributed by atoms with Crippen molar-refractivity contribution in [3.8, 4) is 11.3 Å². The molecule has 0 fully saturated rings. The largest absolute Gasteiger partial charge is 0.481 e. The molecule has 3 aromatic heterocycles. The zero-order chi connectivity index (χ0) is 33.9. The van der Waals surface area contributed by atoms with Crippen molar-refractivity contribution in [1.82, 2.24) is 29.4 Å². The Bertz CT molecular complexity index is 1770. The molecule has 4 rings (SSSR count). The average molecular weight is 641 g/mol. The van der Waals surface area contributed by atoms with Crippen molar-refractivity contribution < 1.29 is 27.9 Å². The van der Waals surface area contributed by atoms with Crippen molar-refractivity contribution in [3.63, 3.8) is 0 Å². The number of nitrogens with one attached hydrogen (secondary N) is 1. The molecule has 0 radical (unpaired) electrons. The maximum Gasteiger partial charge on any atom is 0.416 e. The summed E-state index contributed by atoms with van der Waals surface area (Å²) in [4.78, 5) is 45.6. The molecule has 2 N–H and O–H groups in total. The fourth-order valence-electron chi connectivity index (χ4n) is 5.62. The Morgan fingerprint density at radius 2 is 1.76 bits per heavy atom. The van der Waals surface area contributed by atoms with Crippen LogP contribution < -0.4 is 10.9 Å². The molecule has 10 nitrogen and oxygen atoms in total. The van der Waals surface area contributed by atoms with Crippen LogP contribution in [0.5, 0.6) is 0 Å². The highest BCUT2D eigenvalue weighted by Gasteiger charge is 2.36. The molecule has 3 heterocycles. The highest BCUT2D eigenvalue weighted by Crippen LogP contribution is 2.33. The summed E-state index contributed by atoms with van der Waals surface area (Å²) in [5, 5.41) is 17.0. The van der Waals surface area contributed by atoms with Crippen molar-refractivity contribution in [1.29, 1.82) is 0 Å². The van der Waals surface area contributed by atoms with E-state index in [1.807, 2.05) is 45.9 Å². The summed E-state index contributed by atoms with van der Waals surface area (Å²) >= 11 is 0. The summed E-state index contributed by atoms with van der Waals surface area (Å²) in [7, 11) is 3.45. The van der Waals surface area contributed by atoms with E-state index >= 15 is 0 Å². The van der Waals surface area contributed by atoms with E-state index in [0.29, 0.717) is 17.4 Å². The molecule has 0 unspecified atom stereocenters. The molecule has 4 aromatic rings. The summed E-state index contributed by atoms with van der Waals surface area (Å²) < 4.78 is 44.4. The zero-order valence-electron chi connectivity index (χ0n) is 26.7. The van der Waals surface area contributed by atoms with Gasteiger partial charge in [0.15, 0.2) is 5.65 Å². The van der Waals surface area contributed by atoms with Crippen molar-refractivity contribution >= 4 is 17.5 Å². The Kier molecular flexibility index (Phi) is 10.3. The maximum atomic E-state index is 14.0. The second-order valence-corrected chi connectivity index (χ2v) is 12.2. The van der Waals surface area contributed by atoms with Gasteiger partial charge in [0, 0.05) is 30.4 Å². The minimum Gasteiger partial charge on any atom is -0.481 e. The van der Waals surface area contributed by atoms with E-state index < -0.39 is 47.7 Å². The number of carbonyl (C=O) groups excluding carboxylic acids is 1.